The number of hydrogen-bond donors (Lipinski definition) is 1. The number of carbonyl (C=O) groups excluding carboxylic acids is 1. The van der Waals surface area contributed by atoms with Crippen molar-refractivity contribution in [3.8, 4) is 11.5 Å². The maximum Gasteiger partial charge on any atom is 0.226 e. The average molecular weight is 350 g/mol. The number of ether oxygens (including phenoxy) is 2. The summed E-state index contributed by atoms with van der Waals surface area (Å²) >= 11 is 0. The molecular formula is C21H22N2O3. The number of nitrogens with zero attached hydrogens (tertiary/aromatic N) is 1. The van der Waals surface area contributed by atoms with E-state index in [0.717, 1.165) is 5.56 Å². The number of rotatable bonds is 7. The molecule has 0 aliphatic carbocycles. The molecule has 0 aliphatic heterocycles. The second-order valence-corrected chi connectivity index (χ2v) is 5.88. The van der Waals surface area contributed by atoms with E-state index in [1.807, 2.05) is 59.4 Å². The molecule has 2 aromatic carbocycles. The molecule has 3 rings (SSSR count). The van der Waals surface area contributed by atoms with Crippen molar-refractivity contribution in [2.24, 2.45) is 0 Å². The molecule has 0 fully saturated rings. The molecule has 5 heteroatoms. The number of nitrogens with one attached hydrogen (secondary N) is 1. The van der Waals surface area contributed by atoms with Crippen LogP contribution >= 0.6 is 0 Å². The Bertz CT molecular complexity index is 845. The lowest BCUT2D eigenvalue weighted by Gasteiger charge is -2.20. The Labute approximate surface area is 153 Å². The van der Waals surface area contributed by atoms with Crippen LogP contribution in [0.1, 0.15) is 18.0 Å². The summed E-state index contributed by atoms with van der Waals surface area (Å²) in [5.41, 5.74) is 1.71. The second-order valence-electron chi connectivity index (χ2n) is 5.88. The lowest BCUT2D eigenvalue weighted by atomic mass is 10.0. The van der Waals surface area contributed by atoms with Gasteiger partial charge in [-0.1, -0.05) is 30.3 Å². The lowest BCUT2D eigenvalue weighted by Crippen LogP contribution is -2.20. The summed E-state index contributed by atoms with van der Waals surface area (Å²) in [6.45, 7) is 0. The Hall–Kier alpha value is -3.21. The third kappa shape index (κ3) is 4.06. The van der Waals surface area contributed by atoms with Crippen LogP contribution in [0, 0.1) is 0 Å². The average Bonchev–Trinajstić information content (AvgIpc) is 3.21. The Kier molecular flexibility index (Phi) is 5.59. The minimum Gasteiger partial charge on any atom is -0.497 e. The van der Waals surface area contributed by atoms with Crippen molar-refractivity contribution < 1.29 is 14.3 Å². The van der Waals surface area contributed by atoms with Crippen molar-refractivity contribution in [2.45, 2.75) is 12.5 Å². The maximum absolute atomic E-state index is 12.7. The summed E-state index contributed by atoms with van der Waals surface area (Å²) in [6.07, 6.45) is 4.26. The largest absolute Gasteiger partial charge is 0.497 e. The van der Waals surface area contributed by atoms with Crippen molar-refractivity contribution in [1.29, 1.82) is 0 Å². The monoisotopic (exact) mass is 350 g/mol. The number of carbonyl (C=O) groups is 1. The van der Waals surface area contributed by atoms with Crippen LogP contribution in [0.5, 0.6) is 11.5 Å². The van der Waals surface area contributed by atoms with E-state index in [4.69, 9.17) is 9.47 Å². The van der Waals surface area contributed by atoms with Crippen LogP contribution in [0.15, 0.2) is 73.1 Å². The Morgan fingerprint density at radius 3 is 2.38 bits per heavy atom. The molecule has 1 aromatic heterocycles. The van der Waals surface area contributed by atoms with Crippen molar-refractivity contribution in [2.75, 3.05) is 19.5 Å². The minimum absolute atomic E-state index is 0.0737. The standard InChI is InChI=1S/C21H22N2O3/c1-25-17-10-11-18(20(14-17)26-2)22-21(24)15-19(23-12-6-7-13-23)16-8-4-3-5-9-16/h3-14,19H,15H2,1-2H3,(H,22,24)/t19-/m1/s1. The number of amides is 1. The first-order chi connectivity index (χ1) is 12.7. The highest BCUT2D eigenvalue weighted by atomic mass is 16.5. The fourth-order valence-corrected chi connectivity index (χ4v) is 2.90. The molecule has 1 atom stereocenters. The van der Waals surface area contributed by atoms with Crippen LogP contribution in [0.4, 0.5) is 5.69 Å². The molecule has 3 aromatic rings. The zero-order chi connectivity index (χ0) is 18.4. The van der Waals surface area contributed by atoms with Crippen molar-refractivity contribution >= 4 is 11.6 Å². The third-order valence-electron chi connectivity index (χ3n) is 4.23. The molecule has 0 aliphatic rings. The van der Waals surface area contributed by atoms with Crippen LogP contribution in [-0.4, -0.2) is 24.7 Å². The highest BCUT2D eigenvalue weighted by molar-refractivity contribution is 5.92. The first-order valence-electron chi connectivity index (χ1n) is 8.40. The lowest BCUT2D eigenvalue weighted by molar-refractivity contribution is -0.116. The van der Waals surface area contributed by atoms with E-state index in [9.17, 15) is 4.79 Å². The molecule has 1 heterocycles. The Balaban J connectivity index is 1.79. The topological polar surface area (TPSA) is 52.5 Å². The minimum atomic E-state index is -0.0870. The van der Waals surface area contributed by atoms with Gasteiger partial charge in [-0.3, -0.25) is 4.79 Å². The smallest absolute Gasteiger partial charge is 0.226 e. The third-order valence-corrected chi connectivity index (χ3v) is 4.23. The molecule has 0 saturated heterocycles. The molecule has 0 radical (unpaired) electrons. The molecule has 5 nitrogen and oxygen atoms in total. The summed E-state index contributed by atoms with van der Waals surface area (Å²) in [7, 11) is 3.16. The Morgan fingerprint density at radius 1 is 1.00 bits per heavy atom. The highest BCUT2D eigenvalue weighted by Crippen LogP contribution is 2.30. The summed E-state index contributed by atoms with van der Waals surface area (Å²) in [5.74, 6) is 1.15. The van der Waals surface area contributed by atoms with Gasteiger partial charge in [-0.15, -0.1) is 0 Å². The van der Waals surface area contributed by atoms with E-state index in [1.54, 1.807) is 32.4 Å². The summed E-state index contributed by atoms with van der Waals surface area (Å²) in [5, 5.41) is 2.94. The van der Waals surface area contributed by atoms with Gasteiger partial charge in [0.15, 0.2) is 0 Å². The van der Waals surface area contributed by atoms with E-state index >= 15 is 0 Å². The van der Waals surface area contributed by atoms with E-state index in [2.05, 4.69) is 5.32 Å². The van der Waals surface area contributed by atoms with E-state index in [-0.39, 0.29) is 11.9 Å². The number of aromatic nitrogens is 1. The van der Waals surface area contributed by atoms with Gasteiger partial charge >= 0.3 is 0 Å². The molecule has 1 amide bonds. The first-order valence-corrected chi connectivity index (χ1v) is 8.40. The van der Waals surface area contributed by atoms with Crippen molar-refractivity contribution in [1.82, 2.24) is 4.57 Å². The SMILES string of the molecule is COc1ccc(NC(=O)C[C@H](c2ccccc2)n2cccc2)c(OC)c1. The summed E-state index contributed by atoms with van der Waals surface area (Å²) < 4.78 is 12.6. The fourth-order valence-electron chi connectivity index (χ4n) is 2.90. The van der Waals surface area contributed by atoms with Gasteiger partial charge in [0.2, 0.25) is 5.91 Å². The first kappa shape index (κ1) is 17.6. The van der Waals surface area contributed by atoms with Gasteiger partial charge in [0.05, 0.1) is 32.4 Å². The van der Waals surface area contributed by atoms with E-state index in [0.29, 0.717) is 23.6 Å². The normalized spacial score (nSPS) is 11.6. The fraction of sp³-hybridized carbons (Fsp3) is 0.190. The van der Waals surface area contributed by atoms with E-state index < -0.39 is 0 Å². The molecule has 0 saturated carbocycles. The van der Waals surface area contributed by atoms with Gasteiger partial charge in [0.1, 0.15) is 11.5 Å². The molecule has 0 unspecified atom stereocenters. The number of anilines is 1. The van der Waals surface area contributed by atoms with Crippen LogP contribution in [0.2, 0.25) is 0 Å². The quantitative estimate of drug-likeness (QED) is 0.697. The van der Waals surface area contributed by atoms with Gasteiger partial charge in [-0.05, 0) is 29.8 Å². The van der Waals surface area contributed by atoms with Gasteiger partial charge in [-0.25, -0.2) is 0 Å². The van der Waals surface area contributed by atoms with Crippen LogP contribution in [0.3, 0.4) is 0 Å². The van der Waals surface area contributed by atoms with Crippen LogP contribution in [-0.2, 0) is 4.79 Å². The summed E-state index contributed by atoms with van der Waals surface area (Å²) in [4.78, 5) is 12.7. The highest BCUT2D eigenvalue weighted by Gasteiger charge is 2.18. The molecule has 26 heavy (non-hydrogen) atoms. The number of hydrogen-bond acceptors (Lipinski definition) is 3. The Morgan fingerprint density at radius 2 is 1.73 bits per heavy atom. The van der Waals surface area contributed by atoms with Crippen molar-refractivity contribution in [3.63, 3.8) is 0 Å². The van der Waals surface area contributed by atoms with Gasteiger partial charge in [0.25, 0.3) is 0 Å². The zero-order valence-electron chi connectivity index (χ0n) is 14.9. The number of benzene rings is 2. The molecule has 1 N–H and O–H groups in total. The second kappa shape index (κ2) is 8.25. The zero-order valence-corrected chi connectivity index (χ0v) is 14.9. The molecule has 0 spiro atoms. The van der Waals surface area contributed by atoms with Crippen molar-refractivity contribution in [3.05, 3.63) is 78.6 Å². The van der Waals surface area contributed by atoms with Gasteiger partial charge in [0, 0.05) is 18.5 Å². The predicted molar refractivity (Wildman–Crippen MR) is 102 cm³/mol. The van der Waals surface area contributed by atoms with Gasteiger partial charge in [-0.2, -0.15) is 0 Å². The maximum atomic E-state index is 12.7. The number of methoxy groups -OCH3 is 2. The molecular weight excluding hydrogens is 328 g/mol. The molecule has 134 valence electrons. The predicted octanol–water partition coefficient (Wildman–Crippen LogP) is 4.12. The van der Waals surface area contributed by atoms with Crippen LogP contribution < -0.4 is 14.8 Å². The molecule has 0 bridgehead atoms. The van der Waals surface area contributed by atoms with Gasteiger partial charge < -0.3 is 19.4 Å². The van der Waals surface area contributed by atoms with Crippen LogP contribution in [0.25, 0.3) is 0 Å². The van der Waals surface area contributed by atoms with E-state index in [1.165, 1.54) is 0 Å². The summed E-state index contributed by atoms with van der Waals surface area (Å²) in [6, 6.07) is 19.2.